The van der Waals surface area contributed by atoms with E-state index in [4.69, 9.17) is 4.74 Å². The maximum Gasteiger partial charge on any atom is 0.265 e. The standard InChI is InChI=1S/C25H20N2O5S/c1-32-23-12-5-6-13-24(23)33(30,31)27-21-11-7-10-20-18(21)16-19(25(29)26-20)22(28)15-14-17-8-3-2-4-9-17/h2-16,27H,1H3,(H,26,29). The highest BCUT2D eigenvalue weighted by Gasteiger charge is 2.21. The molecule has 0 aliphatic carbocycles. The highest BCUT2D eigenvalue weighted by Crippen LogP contribution is 2.28. The van der Waals surface area contributed by atoms with E-state index < -0.39 is 21.4 Å². The number of anilines is 1. The van der Waals surface area contributed by atoms with Gasteiger partial charge in [0.05, 0.1) is 23.9 Å². The number of H-pyrrole nitrogens is 1. The average Bonchev–Trinajstić information content (AvgIpc) is 2.82. The fraction of sp³-hybridized carbons (Fsp3) is 0.0400. The molecule has 0 saturated heterocycles. The minimum atomic E-state index is -4.00. The zero-order valence-electron chi connectivity index (χ0n) is 17.6. The molecule has 0 atom stereocenters. The van der Waals surface area contributed by atoms with Crippen molar-refractivity contribution in [3.05, 3.63) is 106 Å². The summed E-state index contributed by atoms with van der Waals surface area (Å²) < 4.78 is 33.8. The molecule has 0 unspecified atom stereocenters. The van der Waals surface area contributed by atoms with Crippen molar-refractivity contribution >= 4 is 38.5 Å². The molecule has 8 heteroatoms. The molecule has 4 aromatic rings. The number of allylic oxidation sites excluding steroid dienone is 1. The normalized spacial score (nSPS) is 11.5. The van der Waals surface area contributed by atoms with Crippen LogP contribution in [0.1, 0.15) is 15.9 Å². The molecule has 0 amide bonds. The van der Waals surface area contributed by atoms with Gasteiger partial charge in [-0.2, -0.15) is 0 Å². The lowest BCUT2D eigenvalue weighted by Crippen LogP contribution is -2.18. The van der Waals surface area contributed by atoms with E-state index in [-0.39, 0.29) is 21.9 Å². The number of sulfonamides is 1. The van der Waals surface area contributed by atoms with Crippen molar-refractivity contribution in [1.82, 2.24) is 4.98 Å². The lowest BCUT2D eigenvalue weighted by molar-refractivity contribution is 0.104. The zero-order valence-corrected chi connectivity index (χ0v) is 18.4. The maximum absolute atomic E-state index is 13.0. The topological polar surface area (TPSA) is 105 Å². The Hall–Kier alpha value is -4.17. The van der Waals surface area contributed by atoms with Gasteiger partial charge in [0, 0.05) is 5.39 Å². The number of nitrogens with one attached hydrogen (secondary N) is 2. The summed E-state index contributed by atoms with van der Waals surface area (Å²) in [5.41, 5.74) is 0.765. The van der Waals surface area contributed by atoms with Gasteiger partial charge >= 0.3 is 0 Å². The molecule has 0 saturated carbocycles. The van der Waals surface area contributed by atoms with E-state index in [1.807, 2.05) is 30.3 Å². The van der Waals surface area contributed by atoms with E-state index >= 15 is 0 Å². The summed E-state index contributed by atoms with van der Waals surface area (Å²) >= 11 is 0. The lowest BCUT2D eigenvalue weighted by atomic mass is 10.1. The highest BCUT2D eigenvalue weighted by atomic mass is 32.2. The monoisotopic (exact) mass is 460 g/mol. The van der Waals surface area contributed by atoms with Crippen LogP contribution >= 0.6 is 0 Å². The van der Waals surface area contributed by atoms with Crippen LogP contribution in [0, 0.1) is 0 Å². The SMILES string of the molecule is COc1ccccc1S(=O)(=O)Nc1cccc2[nH]c(=O)c(C(=O)C=Cc3ccccc3)cc12. The molecule has 0 aliphatic heterocycles. The van der Waals surface area contributed by atoms with Crippen molar-refractivity contribution < 1.29 is 17.9 Å². The van der Waals surface area contributed by atoms with Gasteiger partial charge in [-0.1, -0.05) is 54.6 Å². The van der Waals surface area contributed by atoms with E-state index in [9.17, 15) is 18.0 Å². The van der Waals surface area contributed by atoms with Crippen LogP contribution in [-0.2, 0) is 10.0 Å². The number of para-hydroxylation sites is 1. The predicted molar refractivity (Wildman–Crippen MR) is 128 cm³/mol. The molecule has 166 valence electrons. The first kappa shape index (κ1) is 22.0. The van der Waals surface area contributed by atoms with Crippen LogP contribution in [0.15, 0.2) is 94.6 Å². The summed E-state index contributed by atoms with van der Waals surface area (Å²) in [6.45, 7) is 0. The van der Waals surface area contributed by atoms with Gasteiger partial charge in [-0.15, -0.1) is 0 Å². The summed E-state index contributed by atoms with van der Waals surface area (Å²) in [5, 5.41) is 0.382. The molecule has 0 spiro atoms. The van der Waals surface area contributed by atoms with Crippen LogP contribution < -0.4 is 15.0 Å². The Kier molecular flexibility index (Phi) is 6.10. The van der Waals surface area contributed by atoms with Crippen molar-refractivity contribution in [2.75, 3.05) is 11.8 Å². The van der Waals surface area contributed by atoms with Crippen LogP contribution in [0.4, 0.5) is 5.69 Å². The van der Waals surface area contributed by atoms with Crippen molar-refractivity contribution in [3.8, 4) is 5.75 Å². The molecule has 0 bridgehead atoms. The predicted octanol–water partition coefficient (Wildman–Crippen LogP) is 4.23. The molecular weight excluding hydrogens is 440 g/mol. The fourth-order valence-corrected chi connectivity index (χ4v) is 4.62. The number of hydrogen-bond donors (Lipinski definition) is 2. The Labute approximate surface area is 190 Å². The smallest absolute Gasteiger partial charge is 0.265 e. The molecule has 2 N–H and O–H groups in total. The number of benzene rings is 3. The van der Waals surface area contributed by atoms with E-state index in [0.717, 1.165) is 5.56 Å². The van der Waals surface area contributed by atoms with Crippen LogP contribution in [0.5, 0.6) is 5.75 Å². The van der Waals surface area contributed by atoms with E-state index in [2.05, 4.69) is 9.71 Å². The molecule has 3 aromatic carbocycles. The number of ether oxygens (including phenoxy) is 1. The third-order valence-corrected chi connectivity index (χ3v) is 6.39. The number of rotatable bonds is 7. The summed E-state index contributed by atoms with van der Waals surface area (Å²) in [7, 11) is -2.62. The van der Waals surface area contributed by atoms with Crippen molar-refractivity contribution in [2.24, 2.45) is 0 Å². The second kappa shape index (κ2) is 9.13. The van der Waals surface area contributed by atoms with Gasteiger partial charge in [-0.3, -0.25) is 14.3 Å². The number of hydrogen-bond acceptors (Lipinski definition) is 5. The van der Waals surface area contributed by atoms with Gasteiger partial charge in [-0.25, -0.2) is 8.42 Å². The number of carbonyl (C=O) groups is 1. The Morgan fingerprint density at radius 2 is 1.70 bits per heavy atom. The second-order valence-electron chi connectivity index (χ2n) is 7.14. The second-order valence-corrected chi connectivity index (χ2v) is 8.79. The largest absolute Gasteiger partial charge is 0.495 e. The summed E-state index contributed by atoms with van der Waals surface area (Å²) in [5.74, 6) is -0.301. The van der Waals surface area contributed by atoms with Gasteiger partial charge in [0.1, 0.15) is 10.6 Å². The number of pyridine rings is 1. The van der Waals surface area contributed by atoms with Gasteiger partial charge in [0.15, 0.2) is 5.78 Å². The van der Waals surface area contributed by atoms with Gasteiger partial charge in [-0.05, 0) is 42.0 Å². The number of ketones is 1. The number of carbonyl (C=O) groups excluding carboxylic acids is 1. The van der Waals surface area contributed by atoms with Gasteiger partial charge in [0.2, 0.25) is 0 Å². The molecule has 0 radical (unpaired) electrons. The number of fused-ring (bicyclic) bond motifs is 1. The number of aromatic nitrogens is 1. The number of methoxy groups -OCH3 is 1. The summed E-state index contributed by atoms with van der Waals surface area (Å²) in [6.07, 6.45) is 2.93. The van der Waals surface area contributed by atoms with Gasteiger partial charge < -0.3 is 9.72 Å². The Balaban J connectivity index is 1.74. The Morgan fingerprint density at radius 3 is 2.45 bits per heavy atom. The quantitative estimate of drug-likeness (QED) is 0.317. The van der Waals surface area contributed by atoms with Crippen LogP contribution in [0.3, 0.4) is 0 Å². The molecule has 0 fully saturated rings. The average molecular weight is 461 g/mol. The third kappa shape index (κ3) is 4.70. The van der Waals surface area contributed by atoms with Crippen molar-refractivity contribution in [2.45, 2.75) is 4.90 Å². The van der Waals surface area contributed by atoms with Crippen LogP contribution in [0.25, 0.3) is 17.0 Å². The summed E-state index contributed by atoms with van der Waals surface area (Å²) in [6, 6.07) is 21.6. The lowest BCUT2D eigenvalue weighted by Gasteiger charge is -2.13. The molecule has 33 heavy (non-hydrogen) atoms. The highest BCUT2D eigenvalue weighted by molar-refractivity contribution is 7.92. The van der Waals surface area contributed by atoms with E-state index in [0.29, 0.717) is 10.9 Å². The molecular formula is C25H20N2O5S. The first-order chi connectivity index (χ1) is 15.9. The molecule has 4 rings (SSSR count). The van der Waals surface area contributed by atoms with Gasteiger partial charge in [0.25, 0.3) is 15.6 Å². The first-order valence-electron chi connectivity index (χ1n) is 9.98. The summed E-state index contributed by atoms with van der Waals surface area (Å²) in [4.78, 5) is 27.9. The maximum atomic E-state index is 13.0. The Morgan fingerprint density at radius 1 is 0.970 bits per heavy atom. The molecule has 1 aromatic heterocycles. The molecule has 0 aliphatic rings. The molecule has 7 nitrogen and oxygen atoms in total. The van der Waals surface area contributed by atoms with E-state index in [1.165, 1.54) is 25.3 Å². The third-order valence-electron chi connectivity index (χ3n) is 4.98. The number of aromatic amines is 1. The van der Waals surface area contributed by atoms with Crippen LogP contribution in [-0.4, -0.2) is 26.3 Å². The molecule has 1 heterocycles. The minimum Gasteiger partial charge on any atom is -0.495 e. The first-order valence-corrected chi connectivity index (χ1v) is 11.5. The van der Waals surface area contributed by atoms with Crippen LogP contribution in [0.2, 0.25) is 0 Å². The van der Waals surface area contributed by atoms with Crippen molar-refractivity contribution in [3.63, 3.8) is 0 Å². The van der Waals surface area contributed by atoms with E-state index in [1.54, 1.807) is 42.5 Å². The minimum absolute atomic E-state index is 0.0315. The zero-order chi connectivity index (χ0) is 23.4. The fourth-order valence-electron chi connectivity index (χ4n) is 3.37. The van der Waals surface area contributed by atoms with Crippen molar-refractivity contribution in [1.29, 1.82) is 0 Å². The Bertz CT molecular complexity index is 1520.